The minimum Gasteiger partial charge on any atom is -0.489 e. The van der Waals surface area contributed by atoms with E-state index in [0.29, 0.717) is 6.61 Å². The van der Waals surface area contributed by atoms with Crippen LogP contribution in [0.15, 0.2) is 77.5 Å². The molecule has 0 saturated carbocycles. The number of fused-ring (bicyclic) bond motifs is 1. The zero-order chi connectivity index (χ0) is 18.6. The first-order valence-electron chi connectivity index (χ1n) is 8.32. The van der Waals surface area contributed by atoms with Gasteiger partial charge in [0.25, 0.3) is 0 Å². The molecule has 0 fully saturated rings. The van der Waals surface area contributed by atoms with Gasteiger partial charge in [0.1, 0.15) is 24.5 Å². The summed E-state index contributed by atoms with van der Waals surface area (Å²) in [6.45, 7) is 0.529. The average molecular weight is 532 g/mol. The molecule has 1 heterocycles. The lowest BCUT2D eigenvalue weighted by Gasteiger charge is -2.10. The molecule has 0 aliphatic carbocycles. The van der Waals surface area contributed by atoms with Crippen LogP contribution >= 0.6 is 38.5 Å². The van der Waals surface area contributed by atoms with Crippen molar-refractivity contribution in [3.05, 3.63) is 86.7 Å². The molecule has 3 aromatic carbocycles. The number of nitrogens with zero attached hydrogens (tertiary/aromatic N) is 2. The van der Waals surface area contributed by atoms with E-state index in [4.69, 9.17) is 4.74 Å². The van der Waals surface area contributed by atoms with Crippen LogP contribution in [-0.4, -0.2) is 9.97 Å². The lowest BCUT2D eigenvalue weighted by molar-refractivity contribution is 0.306. The molecule has 1 aromatic heterocycles. The third-order valence-corrected chi connectivity index (χ3v) is 5.17. The predicted octanol–water partition coefficient (Wildman–Crippen LogP) is 6.32. The summed E-state index contributed by atoms with van der Waals surface area (Å²) >= 11 is 5.77. The summed E-state index contributed by atoms with van der Waals surface area (Å²) < 4.78 is 8.06. The number of hydrogen-bond donors (Lipinski definition) is 1. The summed E-state index contributed by atoms with van der Waals surface area (Å²) in [5.41, 5.74) is 2.99. The highest BCUT2D eigenvalue weighted by atomic mass is 127. The molecule has 4 aromatic rings. The molecule has 0 radical (unpaired) electrons. The Hall–Kier alpha value is -2.19. The third-order valence-electron chi connectivity index (χ3n) is 4.01. The number of rotatable bonds is 5. The average Bonchev–Trinajstić information content (AvgIpc) is 2.68. The quantitative estimate of drug-likeness (QED) is 0.306. The van der Waals surface area contributed by atoms with Crippen molar-refractivity contribution in [2.45, 2.75) is 6.61 Å². The van der Waals surface area contributed by atoms with Crippen LogP contribution in [0.4, 0.5) is 11.5 Å². The van der Waals surface area contributed by atoms with E-state index in [1.54, 1.807) is 6.33 Å². The van der Waals surface area contributed by atoms with Crippen LogP contribution < -0.4 is 10.1 Å². The first kappa shape index (κ1) is 18.2. The van der Waals surface area contributed by atoms with Crippen LogP contribution in [0, 0.1) is 3.57 Å². The molecular formula is C21H15BrIN3O. The van der Waals surface area contributed by atoms with Gasteiger partial charge in [-0.15, -0.1) is 0 Å². The second kappa shape index (κ2) is 8.22. The Morgan fingerprint density at radius 1 is 0.963 bits per heavy atom. The van der Waals surface area contributed by atoms with E-state index in [-0.39, 0.29) is 0 Å². The zero-order valence-corrected chi connectivity index (χ0v) is 17.9. The van der Waals surface area contributed by atoms with Crippen LogP contribution in [0.5, 0.6) is 5.75 Å². The summed E-state index contributed by atoms with van der Waals surface area (Å²) in [6.07, 6.45) is 1.58. The molecule has 4 nitrogen and oxygen atoms in total. The molecule has 0 spiro atoms. The Labute approximate surface area is 179 Å². The smallest absolute Gasteiger partial charge is 0.141 e. The Morgan fingerprint density at radius 2 is 1.81 bits per heavy atom. The minimum absolute atomic E-state index is 0.529. The first-order valence-corrected chi connectivity index (χ1v) is 10.2. The fourth-order valence-corrected chi connectivity index (χ4v) is 3.63. The molecule has 0 amide bonds. The highest BCUT2D eigenvalue weighted by Gasteiger charge is 2.05. The highest BCUT2D eigenvalue weighted by molar-refractivity contribution is 14.1. The van der Waals surface area contributed by atoms with Crippen molar-refractivity contribution >= 4 is 60.9 Å². The molecule has 0 bridgehead atoms. The van der Waals surface area contributed by atoms with Gasteiger partial charge in [-0.25, -0.2) is 9.97 Å². The number of hydrogen-bond acceptors (Lipinski definition) is 4. The van der Waals surface area contributed by atoms with Crippen LogP contribution in [0.2, 0.25) is 0 Å². The summed E-state index contributed by atoms with van der Waals surface area (Å²) in [5.74, 6) is 1.61. The van der Waals surface area contributed by atoms with Crippen LogP contribution in [-0.2, 0) is 6.61 Å². The van der Waals surface area contributed by atoms with Gasteiger partial charge in [0, 0.05) is 19.1 Å². The molecule has 0 aliphatic heterocycles. The Morgan fingerprint density at radius 3 is 2.63 bits per heavy atom. The number of ether oxygens (including phenoxy) is 1. The molecule has 134 valence electrons. The van der Waals surface area contributed by atoms with Gasteiger partial charge < -0.3 is 10.1 Å². The number of aromatic nitrogens is 2. The molecule has 4 rings (SSSR count). The van der Waals surface area contributed by atoms with E-state index in [0.717, 1.165) is 41.8 Å². The van der Waals surface area contributed by atoms with E-state index in [2.05, 4.69) is 65.9 Å². The van der Waals surface area contributed by atoms with E-state index < -0.39 is 0 Å². The largest absolute Gasteiger partial charge is 0.489 e. The maximum Gasteiger partial charge on any atom is 0.141 e. The van der Waals surface area contributed by atoms with Crippen molar-refractivity contribution in [3.8, 4) is 5.75 Å². The van der Waals surface area contributed by atoms with E-state index >= 15 is 0 Å². The number of benzene rings is 3. The Kier molecular flexibility index (Phi) is 5.54. The molecular weight excluding hydrogens is 517 g/mol. The number of anilines is 2. The van der Waals surface area contributed by atoms with E-state index in [1.165, 1.54) is 0 Å². The minimum atomic E-state index is 0.529. The van der Waals surface area contributed by atoms with E-state index in [9.17, 15) is 0 Å². The zero-order valence-electron chi connectivity index (χ0n) is 14.2. The molecule has 27 heavy (non-hydrogen) atoms. The molecule has 0 atom stereocenters. The van der Waals surface area contributed by atoms with Gasteiger partial charge in [0.15, 0.2) is 0 Å². The lowest BCUT2D eigenvalue weighted by Crippen LogP contribution is -1.97. The normalized spacial score (nSPS) is 10.7. The predicted molar refractivity (Wildman–Crippen MR) is 120 cm³/mol. The third kappa shape index (κ3) is 4.56. The molecule has 1 N–H and O–H groups in total. The molecule has 0 aliphatic rings. The fraction of sp³-hybridized carbons (Fsp3) is 0.0476. The summed E-state index contributed by atoms with van der Waals surface area (Å²) in [7, 11) is 0. The first-order chi connectivity index (χ1) is 13.2. The maximum absolute atomic E-state index is 5.86. The van der Waals surface area contributed by atoms with Crippen molar-refractivity contribution in [3.63, 3.8) is 0 Å². The van der Waals surface area contributed by atoms with Gasteiger partial charge in [0.2, 0.25) is 0 Å². The number of halogens is 2. The lowest BCUT2D eigenvalue weighted by atomic mass is 10.2. The van der Waals surface area contributed by atoms with Crippen LogP contribution in [0.1, 0.15) is 5.56 Å². The van der Waals surface area contributed by atoms with Crippen molar-refractivity contribution in [2.24, 2.45) is 0 Å². The fourth-order valence-electron chi connectivity index (χ4n) is 2.69. The molecule has 0 saturated heterocycles. The standard InChI is InChI=1S/C21H15BrIN3O/c22-15-3-1-2-14(10-15)12-27-18-7-5-17(6-8-18)26-21-19-11-16(23)4-9-20(19)24-13-25-21/h1-11,13H,12H2,(H,24,25,26). The summed E-state index contributed by atoms with van der Waals surface area (Å²) in [6, 6.07) is 22.1. The molecule has 6 heteroatoms. The van der Waals surface area contributed by atoms with Gasteiger partial charge in [-0.3, -0.25) is 0 Å². The van der Waals surface area contributed by atoms with E-state index in [1.807, 2.05) is 54.6 Å². The van der Waals surface area contributed by atoms with Crippen molar-refractivity contribution in [2.75, 3.05) is 5.32 Å². The van der Waals surface area contributed by atoms with Gasteiger partial charge in [-0.1, -0.05) is 28.1 Å². The summed E-state index contributed by atoms with van der Waals surface area (Å²) in [4.78, 5) is 8.71. The second-order valence-electron chi connectivity index (χ2n) is 5.95. The van der Waals surface area contributed by atoms with Crippen LogP contribution in [0.25, 0.3) is 10.9 Å². The molecule has 0 unspecified atom stereocenters. The van der Waals surface area contributed by atoms with Crippen molar-refractivity contribution < 1.29 is 4.74 Å². The van der Waals surface area contributed by atoms with Crippen LogP contribution in [0.3, 0.4) is 0 Å². The van der Waals surface area contributed by atoms with Gasteiger partial charge in [0.05, 0.1) is 5.52 Å². The topological polar surface area (TPSA) is 47.0 Å². The summed E-state index contributed by atoms with van der Waals surface area (Å²) in [5, 5.41) is 4.37. The van der Waals surface area contributed by atoms with Gasteiger partial charge >= 0.3 is 0 Å². The van der Waals surface area contributed by atoms with Crippen molar-refractivity contribution in [1.82, 2.24) is 9.97 Å². The number of nitrogens with one attached hydrogen (secondary N) is 1. The second-order valence-corrected chi connectivity index (χ2v) is 8.11. The SMILES string of the molecule is Brc1cccc(COc2ccc(Nc3ncnc4ccc(I)cc34)cc2)c1. The van der Waals surface area contributed by atoms with Gasteiger partial charge in [-0.2, -0.15) is 0 Å². The monoisotopic (exact) mass is 531 g/mol. The Bertz CT molecular complexity index is 1090. The maximum atomic E-state index is 5.86. The highest BCUT2D eigenvalue weighted by Crippen LogP contribution is 2.26. The Balaban J connectivity index is 1.47. The van der Waals surface area contributed by atoms with Gasteiger partial charge in [-0.05, 0) is 82.8 Å². The van der Waals surface area contributed by atoms with Crippen molar-refractivity contribution in [1.29, 1.82) is 0 Å².